The van der Waals surface area contributed by atoms with Crippen LogP contribution in [0, 0.1) is 18.8 Å². The van der Waals surface area contributed by atoms with Crippen LogP contribution < -0.4 is 4.72 Å². The summed E-state index contributed by atoms with van der Waals surface area (Å²) in [6, 6.07) is 11.7. The van der Waals surface area contributed by atoms with Crippen molar-refractivity contribution in [1.82, 2.24) is 14.6 Å². The van der Waals surface area contributed by atoms with Crippen molar-refractivity contribution in [2.45, 2.75) is 25.8 Å². The van der Waals surface area contributed by atoms with Gasteiger partial charge in [0.25, 0.3) is 5.91 Å². The van der Waals surface area contributed by atoms with Gasteiger partial charge in [0.1, 0.15) is 0 Å². The average molecular weight is 400 g/mol. The molecule has 2 aromatic rings. The van der Waals surface area contributed by atoms with Gasteiger partial charge in [-0.05, 0) is 48.8 Å². The number of likely N-dealkylation sites (tertiary alicyclic amines) is 1. The number of sulfonamides is 1. The van der Waals surface area contributed by atoms with Crippen LogP contribution in [0.15, 0.2) is 42.6 Å². The number of nitrogens with zero attached hydrogens (tertiary/aromatic N) is 2. The first-order valence-corrected chi connectivity index (χ1v) is 11.5. The number of amides is 1. The minimum Gasteiger partial charge on any atom is -0.338 e. The predicted octanol–water partition coefficient (Wildman–Crippen LogP) is 2.46. The Morgan fingerprint density at radius 2 is 1.75 bits per heavy atom. The molecule has 1 aromatic carbocycles. The molecule has 148 valence electrons. The van der Waals surface area contributed by atoms with E-state index in [1.54, 1.807) is 6.20 Å². The number of carbonyl (C=O) groups excluding carboxylic acids is 1. The van der Waals surface area contributed by atoms with Gasteiger partial charge in [0.2, 0.25) is 10.0 Å². The zero-order valence-electron chi connectivity index (χ0n) is 16.1. The van der Waals surface area contributed by atoms with E-state index in [0.29, 0.717) is 18.7 Å². The molecule has 0 spiro atoms. The van der Waals surface area contributed by atoms with Crippen LogP contribution in [0.4, 0.5) is 0 Å². The molecule has 1 N–H and O–H groups in total. The lowest BCUT2D eigenvalue weighted by atomic mass is 9.91. The molecule has 1 aromatic heterocycles. The molecule has 1 aliphatic carbocycles. The largest absolute Gasteiger partial charge is 0.338 e. The number of hydrogen-bond donors (Lipinski definition) is 1. The fourth-order valence-corrected chi connectivity index (χ4v) is 5.56. The van der Waals surface area contributed by atoms with Crippen LogP contribution in [0.3, 0.4) is 0 Å². The van der Waals surface area contributed by atoms with E-state index in [1.807, 2.05) is 48.2 Å². The second kappa shape index (κ2) is 7.29. The van der Waals surface area contributed by atoms with E-state index in [2.05, 4.69) is 9.71 Å². The maximum absolute atomic E-state index is 13.5. The molecule has 3 atom stereocenters. The van der Waals surface area contributed by atoms with Crippen molar-refractivity contribution in [3.05, 3.63) is 53.9 Å². The first kappa shape index (κ1) is 19.1. The molecule has 6 nitrogen and oxygen atoms in total. The minimum atomic E-state index is -3.25. The molecule has 4 rings (SSSR count). The van der Waals surface area contributed by atoms with E-state index in [1.165, 1.54) is 6.26 Å². The topological polar surface area (TPSA) is 79.4 Å². The second-order valence-electron chi connectivity index (χ2n) is 7.91. The molecule has 1 aliphatic heterocycles. The van der Waals surface area contributed by atoms with Gasteiger partial charge < -0.3 is 4.90 Å². The number of hydrogen-bond acceptors (Lipinski definition) is 4. The van der Waals surface area contributed by atoms with Crippen molar-refractivity contribution < 1.29 is 13.2 Å². The molecule has 1 unspecified atom stereocenters. The van der Waals surface area contributed by atoms with Crippen molar-refractivity contribution in [2.75, 3.05) is 19.3 Å². The second-order valence-corrected chi connectivity index (χ2v) is 9.69. The summed E-state index contributed by atoms with van der Waals surface area (Å²) < 4.78 is 26.2. The summed E-state index contributed by atoms with van der Waals surface area (Å²) in [6.45, 7) is 3.02. The third-order valence-corrected chi connectivity index (χ3v) is 6.61. The van der Waals surface area contributed by atoms with E-state index in [9.17, 15) is 13.2 Å². The number of benzene rings is 1. The first-order chi connectivity index (χ1) is 13.3. The van der Waals surface area contributed by atoms with E-state index >= 15 is 0 Å². The number of piperidine rings is 1. The van der Waals surface area contributed by atoms with Crippen molar-refractivity contribution in [3.8, 4) is 11.1 Å². The molecule has 2 heterocycles. The maximum atomic E-state index is 13.5. The number of nitrogens with one attached hydrogen (secondary N) is 1. The molecule has 2 fully saturated rings. The van der Waals surface area contributed by atoms with Gasteiger partial charge in [-0.15, -0.1) is 0 Å². The minimum absolute atomic E-state index is 0.0147. The molecule has 2 bridgehead atoms. The molecular formula is C21H25N3O3S. The fourth-order valence-electron chi connectivity index (χ4n) is 4.68. The van der Waals surface area contributed by atoms with Crippen LogP contribution in [0.25, 0.3) is 11.1 Å². The van der Waals surface area contributed by atoms with Gasteiger partial charge in [-0.2, -0.15) is 0 Å². The highest BCUT2D eigenvalue weighted by atomic mass is 32.2. The Morgan fingerprint density at radius 3 is 2.36 bits per heavy atom. The lowest BCUT2D eigenvalue weighted by Crippen LogP contribution is -2.53. The summed E-state index contributed by atoms with van der Waals surface area (Å²) in [5.41, 5.74) is 3.24. The SMILES string of the molecule is Cc1nccc(-c2ccccc2)c1C(=O)N1C[C@H]2CC[C@@H](C1)C2NS(C)(=O)=O. The highest BCUT2D eigenvalue weighted by Crippen LogP contribution is 2.38. The molecule has 28 heavy (non-hydrogen) atoms. The smallest absolute Gasteiger partial charge is 0.256 e. The van der Waals surface area contributed by atoms with E-state index in [4.69, 9.17) is 0 Å². The normalized spacial score (nSPS) is 24.4. The van der Waals surface area contributed by atoms with Gasteiger partial charge in [0.05, 0.1) is 17.5 Å². The van der Waals surface area contributed by atoms with Gasteiger partial charge in [0, 0.05) is 25.3 Å². The van der Waals surface area contributed by atoms with E-state index < -0.39 is 10.0 Å². The van der Waals surface area contributed by atoms with Gasteiger partial charge >= 0.3 is 0 Å². The number of carbonyl (C=O) groups is 1. The third kappa shape index (κ3) is 3.69. The van der Waals surface area contributed by atoms with E-state index in [0.717, 1.165) is 29.7 Å². The molecule has 1 saturated heterocycles. The third-order valence-electron chi connectivity index (χ3n) is 5.91. The number of aryl methyl sites for hydroxylation is 1. The Morgan fingerprint density at radius 1 is 1.11 bits per heavy atom. The van der Waals surface area contributed by atoms with Crippen LogP contribution in [-0.4, -0.2) is 49.6 Å². The molecule has 1 amide bonds. The number of fused-ring (bicyclic) bond motifs is 2. The monoisotopic (exact) mass is 399 g/mol. The molecule has 0 radical (unpaired) electrons. The average Bonchev–Trinajstić information content (AvgIpc) is 2.88. The Bertz CT molecular complexity index is 977. The zero-order valence-corrected chi connectivity index (χ0v) is 16.9. The van der Waals surface area contributed by atoms with Crippen molar-refractivity contribution in [1.29, 1.82) is 0 Å². The maximum Gasteiger partial charge on any atom is 0.256 e. The standard InChI is InChI=1S/C21H25N3O3S/c1-14-19(18(10-11-22-14)15-6-4-3-5-7-15)21(25)24-12-16-8-9-17(13-24)20(16)23-28(2,26)27/h3-7,10-11,16-17,20,23H,8-9,12-13H2,1-2H3/t16-,17+,20?. The zero-order chi connectivity index (χ0) is 19.9. The summed E-state index contributed by atoms with van der Waals surface area (Å²) in [5, 5.41) is 0. The summed E-state index contributed by atoms with van der Waals surface area (Å²) >= 11 is 0. The molecule has 2 aliphatic rings. The van der Waals surface area contributed by atoms with Crippen LogP contribution >= 0.6 is 0 Å². The Hall–Kier alpha value is -2.25. The van der Waals surface area contributed by atoms with E-state index in [-0.39, 0.29) is 23.8 Å². The van der Waals surface area contributed by atoms with Crippen molar-refractivity contribution in [3.63, 3.8) is 0 Å². The summed E-state index contributed by atoms with van der Waals surface area (Å²) in [4.78, 5) is 19.7. The van der Waals surface area contributed by atoms with Gasteiger partial charge in [-0.3, -0.25) is 9.78 Å². The summed E-state index contributed by atoms with van der Waals surface area (Å²) in [6.07, 6.45) is 4.83. The van der Waals surface area contributed by atoms with Gasteiger partial charge in [-0.1, -0.05) is 30.3 Å². The quantitative estimate of drug-likeness (QED) is 0.857. The van der Waals surface area contributed by atoms with Gasteiger partial charge in [-0.25, -0.2) is 13.1 Å². The van der Waals surface area contributed by atoms with Crippen molar-refractivity contribution in [2.24, 2.45) is 11.8 Å². The fraction of sp³-hybridized carbons (Fsp3) is 0.429. The highest BCUT2D eigenvalue weighted by molar-refractivity contribution is 7.88. The van der Waals surface area contributed by atoms with Crippen LogP contribution in [-0.2, 0) is 10.0 Å². The summed E-state index contributed by atoms with van der Waals surface area (Å²) in [5.74, 6) is 0.309. The van der Waals surface area contributed by atoms with Crippen molar-refractivity contribution >= 4 is 15.9 Å². The molecular weight excluding hydrogens is 374 g/mol. The lowest BCUT2D eigenvalue weighted by molar-refractivity contribution is 0.0627. The molecule has 7 heteroatoms. The lowest BCUT2D eigenvalue weighted by Gasteiger charge is -2.38. The number of aromatic nitrogens is 1. The summed E-state index contributed by atoms with van der Waals surface area (Å²) in [7, 11) is -3.25. The number of pyridine rings is 1. The van der Waals surface area contributed by atoms with Crippen LogP contribution in [0.5, 0.6) is 0 Å². The molecule has 1 saturated carbocycles. The number of rotatable bonds is 4. The highest BCUT2D eigenvalue weighted by Gasteiger charge is 2.44. The van der Waals surface area contributed by atoms with Gasteiger partial charge in [0.15, 0.2) is 0 Å². The van der Waals surface area contributed by atoms with Crippen LogP contribution in [0.2, 0.25) is 0 Å². The first-order valence-electron chi connectivity index (χ1n) is 9.61. The Kier molecular flexibility index (Phi) is 4.97. The van der Waals surface area contributed by atoms with Crippen LogP contribution in [0.1, 0.15) is 28.9 Å². The Balaban J connectivity index is 1.62. The predicted molar refractivity (Wildman–Crippen MR) is 108 cm³/mol. The Labute approximate surface area is 166 Å².